The summed E-state index contributed by atoms with van der Waals surface area (Å²) in [6.45, 7) is 0. The Kier molecular flexibility index (Phi) is 1540. The van der Waals surface area contributed by atoms with E-state index in [2.05, 4.69) is 11.5 Å². The van der Waals surface area contributed by atoms with E-state index in [1.807, 2.05) is 0 Å². The summed E-state index contributed by atoms with van der Waals surface area (Å²) in [7, 11) is 3.50. The van der Waals surface area contributed by atoms with Crippen LogP contribution in [0.5, 0.6) is 0 Å². The molecule has 0 unspecified atom stereocenters. The first-order valence-electron chi connectivity index (χ1n) is 1.41. The normalized spacial score (nSPS) is 1.33. The van der Waals surface area contributed by atoms with Gasteiger partial charge in [-0.15, -0.1) is 0 Å². The third-order valence-electron chi connectivity index (χ3n) is 0. The number of hydrogen-bond acceptors (Lipinski definition) is 0. The van der Waals surface area contributed by atoms with Crippen LogP contribution in [-0.2, 0) is 75.0 Å². The smallest absolute Gasteiger partial charge is 0.0634 e. The molecule has 0 aromatic carbocycles. The molecule has 0 spiro atoms. The Hall–Kier alpha value is 2.01. The Morgan fingerprint density at radius 3 is 0.556 bits per heavy atom. The molecule has 0 rings (SSSR count). The Labute approximate surface area is 99.9 Å². The maximum atomic E-state index is 3.25. The van der Waals surface area contributed by atoms with E-state index < -0.39 is 0 Å². The van der Waals surface area contributed by atoms with E-state index in [1.165, 1.54) is 0 Å². The van der Waals surface area contributed by atoms with Gasteiger partial charge in [0.25, 0.3) is 0 Å². The van der Waals surface area contributed by atoms with E-state index in [1.54, 1.807) is 14.1 Å². The van der Waals surface area contributed by atoms with Gasteiger partial charge in [0.05, 0.1) is 14.1 Å². The fraction of sp³-hybridized carbons (Fsp3) is 1.00. The van der Waals surface area contributed by atoms with Crippen molar-refractivity contribution in [3.63, 3.8) is 0 Å². The number of rotatable bonds is 0. The van der Waals surface area contributed by atoms with Crippen LogP contribution in [0, 0.1) is 0 Å². The van der Waals surface area contributed by atoms with Crippen molar-refractivity contribution in [2.45, 2.75) is 0 Å². The van der Waals surface area contributed by atoms with Crippen molar-refractivity contribution >= 4 is 54.0 Å². The maximum absolute atomic E-state index is 3.25. The van der Waals surface area contributed by atoms with Crippen molar-refractivity contribution in [1.82, 2.24) is 0 Å². The largest absolute Gasteiger partial charge is 2.00 e. The second-order valence-corrected chi connectivity index (χ2v) is 0. The van der Waals surface area contributed by atoms with E-state index >= 15 is 0 Å². The van der Waals surface area contributed by atoms with Gasteiger partial charge in [0, 0.05) is 21.1 Å². The fourth-order valence-electron chi connectivity index (χ4n) is 0. The molecule has 0 aliphatic rings. The molecule has 7 heteroatoms. The number of quaternary nitrogens is 2. The third-order valence-corrected chi connectivity index (χ3v) is 0. The summed E-state index contributed by atoms with van der Waals surface area (Å²) in [5, 5.41) is 0. The second kappa shape index (κ2) is 201. The summed E-state index contributed by atoms with van der Waals surface area (Å²) in [4.78, 5) is 0. The van der Waals surface area contributed by atoms with Crippen LogP contribution >= 0.6 is 0 Å². The molecule has 6 N–H and O–H groups in total. The van der Waals surface area contributed by atoms with Crippen molar-refractivity contribution in [1.29, 1.82) is 0 Å². The average Bonchev–Trinajstić information content (AvgIpc) is 1.50. The standard InChI is InChI=1S/2CH5N.Mo.4S/c2*1-2;;;;;/h2*2H2,1H3;;;;;/q;;;4*-2/p+2. The summed E-state index contributed by atoms with van der Waals surface area (Å²) in [6, 6.07) is 0. The molecule has 0 heterocycles. The van der Waals surface area contributed by atoms with E-state index in [0.29, 0.717) is 0 Å². The van der Waals surface area contributed by atoms with Crippen LogP contribution in [0.2, 0.25) is 0 Å². The van der Waals surface area contributed by atoms with Crippen LogP contribution in [0.1, 0.15) is 0 Å². The van der Waals surface area contributed by atoms with Gasteiger partial charge in [-0.05, 0) is 0 Å². The zero-order valence-corrected chi connectivity index (χ0v) is 10.7. The molecule has 0 atom stereocenters. The molecular formula is C2H12MoN2S4-6. The van der Waals surface area contributed by atoms with Gasteiger partial charge in [0.1, 0.15) is 0 Å². The molecule has 0 aromatic rings. The van der Waals surface area contributed by atoms with Gasteiger partial charge in [0.15, 0.2) is 0 Å². The molecule has 66 valence electrons. The van der Waals surface area contributed by atoms with E-state index in [4.69, 9.17) is 0 Å². The SMILES string of the molecule is C[NH3+].C[NH3+].[Mo].[S-2].[S-2].[S-2].[S-2]. The molecule has 0 radical (unpaired) electrons. The van der Waals surface area contributed by atoms with E-state index in [-0.39, 0.29) is 75.0 Å². The summed E-state index contributed by atoms with van der Waals surface area (Å²) in [5.74, 6) is 0. The first kappa shape index (κ1) is 68.6. The Bertz CT molecular complexity index is 16.5. The van der Waals surface area contributed by atoms with Crippen molar-refractivity contribution in [3.05, 3.63) is 0 Å². The van der Waals surface area contributed by atoms with Crippen LogP contribution in [0.4, 0.5) is 0 Å². The molecule has 0 aromatic heterocycles. The van der Waals surface area contributed by atoms with Gasteiger partial charge in [-0.3, -0.25) is 0 Å². The molecule has 0 fully saturated rings. The zero-order chi connectivity index (χ0) is 4.00. The Morgan fingerprint density at radius 2 is 0.556 bits per heavy atom. The monoisotopic (exact) mass is 290 g/mol. The van der Waals surface area contributed by atoms with Crippen LogP contribution < -0.4 is 11.5 Å². The van der Waals surface area contributed by atoms with Gasteiger partial charge in [0.2, 0.25) is 0 Å². The molecule has 2 nitrogen and oxygen atoms in total. The molecular weight excluding hydrogens is 276 g/mol. The minimum atomic E-state index is 0. The summed E-state index contributed by atoms with van der Waals surface area (Å²) >= 11 is 0. The molecule has 0 aliphatic carbocycles. The van der Waals surface area contributed by atoms with Gasteiger partial charge in [-0.1, -0.05) is 0 Å². The van der Waals surface area contributed by atoms with Crippen LogP contribution in [0.15, 0.2) is 0 Å². The molecule has 9 heavy (non-hydrogen) atoms. The van der Waals surface area contributed by atoms with Crippen LogP contribution in [0.25, 0.3) is 0 Å². The van der Waals surface area contributed by atoms with Crippen molar-refractivity contribution in [3.8, 4) is 0 Å². The fourth-order valence-corrected chi connectivity index (χ4v) is 0. The molecule has 0 saturated heterocycles. The Morgan fingerprint density at radius 1 is 0.556 bits per heavy atom. The van der Waals surface area contributed by atoms with Crippen molar-refractivity contribution in [2.24, 2.45) is 0 Å². The van der Waals surface area contributed by atoms with Crippen LogP contribution in [0.3, 0.4) is 0 Å². The van der Waals surface area contributed by atoms with E-state index in [0.717, 1.165) is 0 Å². The topological polar surface area (TPSA) is 55.3 Å². The first-order valence-corrected chi connectivity index (χ1v) is 1.41. The van der Waals surface area contributed by atoms with Crippen molar-refractivity contribution < 1.29 is 32.5 Å². The number of hydrogen-bond donors (Lipinski definition) is 2. The molecule has 0 aliphatic heterocycles. The van der Waals surface area contributed by atoms with Gasteiger partial charge in [-0.2, -0.15) is 0 Å². The predicted octanol–water partition coefficient (Wildman–Crippen LogP) is -2.30. The first-order chi connectivity index (χ1) is 2.00. The zero-order valence-electron chi connectivity index (χ0n) is 5.46. The third kappa shape index (κ3) is 159. The molecule has 0 bridgehead atoms. The van der Waals surface area contributed by atoms with Crippen LogP contribution in [-0.4, -0.2) is 14.1 Å². The second-order valence-electron chi connectivity index (χ2n) is 0. The molecule has 0 amide bonds. The summed E-state index contributed by atoms with van der Waals surface area (Å²) in [6.07, 6.45) is 0. The van der Waals surface area contributed by atoms with Gasteiger partial charge < -0.3 is 65.5 Å². The Balaban J connectivity index is -0.00000000114. The minimum absolute atomic E-state index is 0. The summed E-state index contributed by atoms with van der Waals surface area (Å²) < 4.78 is 0. The summed E-state index contributed by atoms with van der Waals surface area (Å²) in [5.41, 5.74) is 6.50. The van der Waals surface area contributed by atoms with Gasteiger partial charge >= 0.3 is 0 Å². The van der Waals surface area contributed by atoms with Crippen molar-refractivity contribution in [2.75, 3.05) is 14.1 Å². The quantitative estimate of drug-likeness (QED) is 0.471. The van der Waals surface area contributed by atoms with E-state index in [9.17, 15) is 0 Å². The van der Waals surface area contributed by atoms with Gasteiger partial charge in [-0.25, -0.2) is 0 Å². The maximum Gasteiger partial charge on any atom is 0.0634 e. The molecule has 0 saturated carbocycles. The average molecular weight is 288 g/mol. The minimum Gasteiger partial charge on any atom is -2.00 e. The predicted molar refractivity (Wildman–Crippen MR) is 47.1 cm³/mol.